The fourth-order valence-corrected chi connectivity index (χ4v) is 1.73. The van der Waals surface area contributed by atoms with Crippen LogP contribution in [0.1, 0.15) is 0 Å². The smallest absolute Gasteiger partial charge is 0.211 e. The first-order chi connectivity index (χ1) is 6.86. The zero-order chi connectivity index (χ0) is 9.54. The number of hydrogen-bond acceptors (Lipinski definition) is 1. The van der Waals surface area contributed by atoms with Gasteiger partial charge in [0, 0.05) is 24.0 Å². The van der Waals surface area contributed by atoms with Crippen LogP contribution in [-0.2, 0) is 0 Å². The molecule has 0 fully saturated rings. The third-order valence-corrected chi connectivity index (χ3v) is 2.41. The minimum atomic E-state index is 0.0735. The summed E-state index contributed by atoms with van der Waals surface area (Å²) < 4.78 is 1.83. The molecule has 0 saturated carbocycles. The van der Waals surface area contributed by atoms with E-state index in [1.54, 1.807) is 0 Å². The normalized spacial score (nSPS) is 11.1. The van der Waals surface area contributed by atoms with Crippen molar-refractivity contribution in [2.45, 2.75) is 0 Å². The van der Waals surface area contributed by atoms with E-state index in [0.29, 0.717) is 0 Å². The molecule has 3 heteroatoms. The molecular weight excluding hydrogens is 176 g/mol. The summed E-state index contributed by atoms with van der Waals surface area (Å²) >= 11 is 0. The molecule has 68 valence electrons. The van der Waals surface area contributed by atoms with Gasteiger partial charge < -0.3 is 9.38 Å². The molecule has 0 saturated heterocycles. The molecule has 0 amide bonds. The Hall–Kier alpha value is -2.03. The van der Waals surface area contributed by atoms with Crippen LogP contribution >= 0.6 is 0 Å². The van der Waals surface area contributed by atoms with E-state index in [2.05, 4.69) is 4.98 Å². The Bertz CT molecular complexity index is 663. The number of aromatic amines is 1. The highest BCUT2D eigenvalue weighted by Gasteiger charge is 2.02. The molecule has 3 rings (SSSR count). The van der Waals surface area contributed by atoms with Crippen LogP contribution in [0.3, 0.4) is 0 Å². The van der Waals surface area contributed by atoms with E-state index < -0.39 is 0 Å². The van der Waals surface area contributed by atoms with Crippen molar-refractivity contribution in [2.75, 3.05) is 0 Å². The lowest BCUT2D eigenvalue weighted by molar-refractivity contribution is 1.19. The van der Waals surface area contributed by atoms with Crippen LogP contribution in [0.2, 0.25) is 0 Å². The van der Waals surface area contributed by atoms with E-state index in [1.807, 2.05) is 47.3 Å². The fraction of sp³-hybridized carbons (Fsp3) is 0. The van der Waals surface area contributed by atoms with Crippen LogP contribution in [0.15, 0.2) is 47.7 Å². The van der Waals surface area contributed by atoms with E-state index in [-0.39, 0.29) is 5.43 Å². The molecular formula is C11H8N2O. The second-order valence-electron chi connectivity index (χ2n) is 3.26. The molecule has 0 aliphatic rings. The SMILES string of the molecule is O=c1c2ccc[nH]c2cn2cccc12. The molecule has 0 atom stereocenters. The first kappa shape index (κ1) is 7.38. The summed E-state index contributed by atoms with van der Waals surface area (Å²) in [7, 11) is 0. The van der Waals surface area contributed by atoms with Crippen molar-refractivity contribution in [3.05, 3.63) is 53.1 Å². The zero-order valence-electron chi connectivity index (χ0n) is 7.40. The minimum Gasteiger partial charge on any atom is -0.360 e. The topological polar surface area (TPSA) is 37.3 Å². The molecule has 3 nitrogen and oxygen atoms in total. The van der Waals surface area contributed by atoms with Crippen molar-refractivity contribution in [1.82, 2.24) is 9.38 Å². The van der Waals surface area contributed by atoms with Crippen molar-refractivity contribution in [3.63, 3.8) is 0 Å². The summed E-state index contributed by atoms with van der Waals surface area (Å²) in [5.41, 5.74) is 1.66. The maximum Gasteiger partial charge on any atom is 0.211 e. The van der Waals surface area contributed by atoms with Gasteiger partial charge >= 0.3 is 0 Å². The molecule has 0 aliphatic carbocycles. The number of nitrogens with one attached hydrogen (secondary N) is 1. The van der Waals surface area contributed by atoms with Crippen molar-refractivity contribution in [1.29, 1.82) is 0 Å². The van der Waals surface area contributed by atoms with Gasteiger partial charge in [-0.25, -0.2) is 0 Å². The summed E-state index contributed by atoms with van der Waals surface area (Å²) in [6, 6.07) is 7.37. The summed E-state index contributed by atoms with van der Waals surface area (Å²) in [4.78, 5) is 15.0. The number of fused-ring (bicyclic) bond motifs is 2. The second-order valence-corrected chi connectivity index (χ2v) is 3.26. The lowest BCUT2D eigenvalue weighted by Crippen LogP contribution is -2.05. The molecule has 1 N–H and O–H groups in total. The van der Waals surface area contributed by atoms with Gasteiger partial charge in [0.05, 0.1) is 11.0 Å². The van der Waals surface area contributed by atoms with Gasteiger partial charge in [-0.2, -0.15) is 0 Å². The van der Waals surface area contributed by atoms with Crippen LogP contribution in [0, 0.1) is 0 Å². The van der Waals surface area contributed by atoms with Gasteiger partial charge in [0.15, 0.2) is 0 Å². The number of rotatable bonds is 0. The lowest BCUT2D eigenvalue weighted by Gasteiger charge is -1.98. The Morgan fingerprint density at radius 3 is 3.07 bits per heavy atom. The highest BCUT2D eigenvalue weighted by molar-refractivity contribution is 5.81. The van der Waals surface area contributed by atoms with Gasteiger partial charge in [0.25, 0.3) is 0 Å². The molecule has 14 heavy (non-hydrogen) atoms. The Kier molecular flexibility index (Phi) is 1.31. The monoisotopic (exact) mass is 184 g/mol. The standard InChI is InChI=1S/C11H8N2O/c14-11-8-3-1-5-12-9(8)7-13-6-2-4-10(11)13/h1-7,12H. The van der Waals surface area contributed by atoms with Gasteiger partial charge in [-0.1, -0.05) is 0 Å². The van der Waals surface area contributed by atoms with E-state index in [4.69, 9.17) is 0 Å². The first-order valence-corrected chi connectivity index (χ1v) is 4.43. The van der Waals surface area contributed by atoms with Crippen molar-refractivity contribution in [3.8, 4) is 0 Å². The average molecular weight is 184 g/mol. The Morgan fingerprint density at radius 1 is 1.21 bits per heavy atom. The highest BCUT2D eigenvalue weighted by Crippen LogP contribution is 2.08. The number of pyridine rings is 2. The molecule has 3 aromatic rings. The number of aromatic nitrogens is 2. The number of hydrogen-bond donors (Lipinski definition) is 1. The van der Waals surface area contributed by atoms with Crippen molar-refractivity contribution in [2.24, 2.45) is 0 Å². The third-order valence-electron chi connectivity index (χ3n) is 2.41. The van der Waals surface area contributed by atoms with E-state index >= 15 is 0 Å². The maximum absolute atomic E-state index is 11.9. The van der Waals surface area contributed by atoms with E-state index in [1.165, 1.54) is 0 Å². The Balaban J connectivity index is 2.70. The fourth-order valence-electron chi connectivity index (χ4n) is 1.73. The minimum absolute atomic E-state index is 0.0735. The Labute approximate surface area is 79.6 Å². The van der Waals surface area contributed by atoms with Crippen molar-refractivity contribution >= 4 is 16.4 Å². The van der Waals surface area contributed by atoms with Gasteiger partial charge in [-0.15, -0.1) is 0 Å². The quantitative estimate of drug-likeness (QED) is 0.568. The van der Waals surface area contributed by atoms with Gasteiger partial charge in [0.2, 0.25) is 5.43 Å². The number of H-pyrrole nitrogens is 1. The predicted octanol–water partition coefficient (Wildman–Crippen LogP) is 1.78. The number of nitrogens with zero attached hydrogens (tertiary/aromatic N) is 1. The van der Waals surface area contributed by atoms with Gasteiger partial charge in [-0.3, -0.25) is 4.79 Å². The van der Waals surface area contributed by atoms with Gasteiger partial charge in [0.1, 0.15) is 0 Å². The van der Waals surface area contributed by atoms with Crippen LogP contribution in [-0.4, -0.2) is 9.38 Å². The highest BCUT2D eigenvalue weighted by atomic mass is 16.1. The first-order valence-electron chi connectivity index (χ1n) is 4.43. The van der Waals surface area contributed by atoms with Crippen molar-refractivity contribution < 1.29 is 0 Å². The average Bonchev–Trinajstić information content (AvgIpc) is 2.66. The molecule has 3 heterocycles. The molecule has 0 unspecified atom stereocenters. The zero-order valence-corrected chi connectivity index (χ0v) is 7.40. The third kappa shape index (κ3) is 0.836. The maximum atomic E-state index is 11.9. The molecule has 0 spiro atoms. The lowest BCUT2D eigenvalue weighted by atomic mass is 10.2. The molecule has 0 aromatic carbocycles. The predicted molar refractivity (Wildman–Crippen MR) is 55.5 cm³/mol. The van der Waals surface area contributed by atoms with E-state index in [0.717, 1.165) is 16.4 Å². The molecule has 3 aromatic heterocycles. The summed E-state index contributed by atoms with van der Waals surface area (Å²) in [5, 5.41) is 0.735. The van der Waals surface area contributed by atoms with Gasteiger partial charge in [-0.05, 0) is 24.3 Å². The van der Waals surface area contributed by atoms with Crippen LogP contribution in [0.25, 0.3) is 16.4 Å². The van der Waals surface area contributed by atoms with Crippen LogP contribution < -0.4 is 5.43 Å². The molecule has 0 aliphatic heterocycles. The largest absolute Gasteiger partial charge is 0.360 e. The molecule has 0 bridgehead atoms. The van der Waals surface area contributed by atoms with Crippen LogP contribution in [0.4, 0.5) is 0 Å². The summed E-state index contributed by atoms with van der Waals surface area (Å²) in [6.45, 7) is 0. The summed E-state index contributed by atoms with van der Waals surface area (Å²) in [5.74, 6) is 0. The Morgan fingerprint density at radius 2 is 2.14 bits per heavy atom. The second kappa shape index (κ2) is 2.48. The van der Waals surface area contributed by atoms with Crippen LogP contribution in [0.5, 0.6) is 0 Å². The van der Waals surface area contributed by atoms with E-state index in [9.17, 15) is 4.79 Å². The molecule has 0 radical (unpaired) electrons. The summed E-state index contributed by atoms with van der Waals surface area (Å²) in [6.07, 6.45) is 5.61.